The van der Waals surface area contributed by atoms with Crippen LogP contribution in [0.15, 0.2) is 39.4 Å². The van der Waals surface area contributed by atoms with Gasteiger partial charge >= 0.3 is 0 Å². The fourth-order valence-corrected chi connectivity index (χ4v) is 2.01. The molecule has 0 bridgehead atoms. The van der Waals surface area contributed by atoms with E-state index in [-0.39, 0.29) is 16.7 Å². The molecular formula is C12H6BrClN2O2. The molecule has 0 fully saturated rings. The van der Waals surface area contributed by atoms with Crippen LogP contribution in [0.1, 0.15) is 15.9 Å². The third-order valence-electron chi connectivity index (χ3n) is 2.21. The lowest BCUT2D eigenvalue weighted by Gasteiger charge is -2.06. The van der Waals surface area contributed by atoms with E-state index in [0.717, 1.165) is 0 Å². The lowest BCUT2D eigenvalue weighted by atomic mass is 10.2. The molecule has 0 aliphatic rings. The van der Waals surface area contributed by atoms with E-state index >= 15 is 0 Å². The van der Waals surface area contributed by atoms with E-state index < -0.39 is 0 Å². The topological polar surface area (TPSA) is 66.0 Å². The van der Waals surface area contributed by atoms with E-state index in [1.54, 1.807) is 18.2 Å². The second-order valence-corrected chi connectivity index (χ2v) is 4.57. The van der Waals surface area contributed by atoms with E-state index in [1.807, 2.05) is 6.07 Å². The van der Waals surface area contributed by atoms with Gasteiger partial charge in [0.05, 0.1) is 29.1 Å². The highest BCUT2D eigenvalue weighted by atomic mass is 79.9. The molecule has 90 valence electrons. The Labute approximate surface area is 116 Å². The summed E-state index contributed by atoms with van der Waals surface area (Å²) in [5.74, 6) is -0.376. The zero-order valence-electron chi connectivity index (χ0n) is 8.91. The van der Waals surface area contributed by atoms with E-state index in [2.05, 4.69) is 21.2 Å². The summed E-state index contributed by atoms with van der Waals surface area (Å²) in [6.45, 7) is 0. The van der Waals surface area contributed by atoms with Gasteiger partial charge in [-0.3, -0.25) is 4.79 Å². The van der Waals surface area contributed by atoms with Crippen LogP contribution in [0.5, 0.6) is 0 Å². The van der Waals surface area contributed by atoms with Crippen molar-refractivity contribution in [3.8, 4) is 6.07 Å². The monoisotopic (exact) mass is 324 g/mol. The van der Waals surface area contributed by atoms with E-state index in [0.29, 0.717) is 15.7 Å². The van der Waals surface area contributed by atoms with Gasteiger partial charge in [0, 0.05) is 4.47 Å². The minimum atomic E-state index is -0.376. The first kappa shape index (κ1) is 12.7. The van der Waals surface area contributed by atoms with Crippen LogP contribution < -0.4 is 5.32 Å². The molecule has 0 spiro atoms. The number of nitrogens with zero attached hydrogens (tertiary/aromatic N) is 1. The number of halogens is 2. The van der Waals surface area contributed by atoms with Gasteiger partial charge in [0.2, 0.25) is 5.22 Å². The molecular weight excluding hydrogens is 320 g/mol. The SMILES string of the molecule is N#Cc1ccc(NC(=O)c2ccoc2Cl)c(Br)c1. The third kappa shape index (κ3) is 2.55. The molecule has 1 aromatic heterocycles. The number of carbonyl (C=O) groups excluding carboxylic acids is 1. The molecule has 2 aromatic rings. The Bertz CT molecular complexity index is 646. The maximum atomic E-state index is 11.9. The van der Waals surface area contributed by atoms with E-state index in [1.165, 1.54) is 12.3 Å². The molecule has 1 N–H and O–H groups in total. The van der Waals surface area contributed by atoms with Gasteiger partial charge in [-0.2, -0.15) is 5.26 Å². The Hall–Kier alpha value is -1.77. The Kier molecular flexibility index (Phi) is 3.70. The fourth-order valence-electron chi connectivity index (χ4n) is 1.33. The zero-order chi connectivity index (χ0) is 13.1. The number of furan rings is 1. The molecule has 4 nitrogen and oxygen atoms in total. The summed E-state index contributed by atoms with van der Waals surface area (Å²) in [6.07, 6.45) is 1.34. The molecule has 0 unspecified atom stereocenters. The maximum absolute atomic E-state index is 11.9. The Balaban J connectivity index is 2.23. The molecule has 2 rings (SSSR count). The number of hydrogen-bond acceptors (Lipinski definition) is 3. The van der Waals surface area contributed by atoms with Crippen molar-refractivity contribution in [2.24, 2.45) is 0 Å². The number of anilines is 1. The second-order valence-electron chi connectivity index (χ2n) is 3.37. The number of carbonyl (C=O) groups is 1. The molecule has 0 aliphatic carbocycles. The Morgan fingerprint density at radius 1 is 1.44 bits per heavy atom. The summed E-state index contributed by atoms with van der Waals surface area (Å²) in [4.78, 5) is 11.9. The number of amides is 1. The summed E-state index contributed by atoms with van der Waals surface area (Å²) in [5, 5.41) is 11.4. The minimum Gasteiger partial charge on any atom is -0.452 e. The fraction of sp³-hybridized carbons (Fsp3) is 0. The molecule has 1 heterocycles. The summed E-state index contributed by atoms with van der Waals surface area (Å²) in [6, 6.07) is 8.35. The normalized spacial score (nSPS) is 9.83. The van der Waals surface area contributed by atoms with Gasteiger partial charge in [-0.25, -0.2) is 0 Å². The lowest BCUT2D eigenvalue weighted by molar-refractivity contribution is 0.102. The molecule has 18 heavy (non-hydrogen) atoms. The van der Waals surface area contributed by atoms with Crippen molar-refractivity contribution in [3.63, 3.8) is 0 Å². The Morgan fingerprint density at radius 2 is 2.22 bits per heavy atom. The highest BCUT2D eigenvalue weighted by molar-refractivity contribution is 9.10. The van der Waals surface area contributed by atoms with Gasteiger partial charge in [-0.15, -0.1) is 0 Å². The van der Waals surface area contributed by atoms with Crippen molar-refractivity contribution in [2.45, 2.75) is 0 Å². The zero-order valence-corrected chi connectivity index (χ0v) is 11.2. The van der Waals surface area contributed by atoms with Crippen molar-refractivity contribution in [3.05, 3.63) is 51.3 Å². The molecule has 0 saturated heterocycles. The van der Waals surface area contributed by atoms with Crippen LogP contribution in [0.4, 0.5) is 5.69 Å². The summed E-state index contributed by atoms with van der Waals surface area (Å²) < 4.78 is 5.46. The maximum Gasteiger partial charge on any atom is 0.260 e. The number of nitriles is 1. The van der Waals surface area contributed by atoms with Crippen molar-refractivity contribution in [1.29, 1.82) is 5.26 Å². The highest BCUT2D eigenvalue weighted by Gasteiger charge is 2.14. The minimum absolute atomic E-state index is 0.0391. The molecule has 6 heteroatoms. The quantitative estimate of drug-likeness (QED) is 0.912. The molecule has 0 aliphatic heterocycles. The van der Waals surface area contributed by atoms with E-state index in [4.69, 9.17) is 21.3 Å². The Morgan fingerprint density at radius 3 is 2.78 bits per heavy atom. The van der Waals surface area contributed by atoms with Gasteiger partial charge < -0.3 is 9.73 Å². The molecule has 0 saturated carbocycles. The third-order valence-corrected chi connectivity index (χ3v) is 3.16. The smallest absolute Gasteiger partial charge is 0.260 e. The molecule has 0 radical (unpaired) electrons. The first-order chi connectivity index (χ1) is 8.61. The van der Waals surface area contributed by atoms with Gasteiger partial charge in [0.1, 0.15) is 0 Å². The standard InChI is InChI=1S/C12H6BrClN2O2/c13-9-5-7(6-15)1-2-10(9)16-12(17)8-3-4-18-11(8)14/h1-5H,(H,16,17). The predicted molar refractivity (Wildman–Crippen MR) is 70.5 cm³/mol. The average Bonchev–Trinajstić information content (AvgIpc) is 2.78. The van der Waals surface area contributed by atoms with Crippen LogP contribution in [0.2, 0.25) is 5.22 Å². The highest BCUT2D eigenvalue weighted by Crippen LogP contribution is 2.25. The molecule has 0 atom stereocenters. The second kappa shape index (κ2) is 5.25. The van der Waals surface area contributed by atoms with Crippen LogP contribution in [0.25, 0.3) is 0 Å². The summed E-state index contributed by atoms with van der Waals surface area (Å²) in [5.41, 5.74) is 1.31. The number of nitrogens with one attached hydrogen (secondary N) is 1. The van der Waals surface area contributed by atoms with Crippen molar-refractivity contribution >= 4 is 39.1 Å². The summed E-state index contributed by atoms with van der Waals surface area (Å²) in [7, 11) is 0. The van der Waals surface area contributed by atoms with Gasteiger partial charge in [-0.1, -0.05) is 0 Å². The number of benzene rings is 1. The summed E-state index contributed by atoms with van der Waals surface area (Å²) >= 11 is 8.98. The van der Waals surface area contributed by atoms with Crippen LogP contribution in [-0.4, -0.2) is 5.91 Å². The van der Waals surface area contributed by atoms with Gasteiger partial charge in [0.25, 0.3) is 5.91 Å². The van der Waals surface area contributed by atoms with Crippen molar-refractivity contribution in [1.82, 2.24) is 0 Å². The first-order valence-corrected chi connectivity index (χ1v) is 6.03. The van der Waals surface area contributed by atoms with Crippen molar-refractivity contribution in [2.75, 3.05) is 5.32 Å². The van der Waals surface area contributed by atoms with Gasteiger partial charge in [0.15, 0.2) is 0 Å². The van der Waals surface area contributed by atoms with Crippen molar-refractivity contribution < 1.29 is 9.21 Å². The van der Waals surface area contributed by atoms with Crippen LogP contribution >= 0.6 is 27.5 Å². The number of rotatable bonds is 2. The van der Waals surface area contributed by atoms with E-state index in [9.17, 15) is 4.79 Å². The van der Waals surface area contributed by atoms with Crippen LogP contribution in [0, 0.1) is 11.3 Å². The predicted octanol–water partition coefficient (Wildman–Crippen LogP) is 3.82. The lowest BCUT2D eigenvalue weighted by Crippen LogP contribution is -2.11. The first-order valence-electron chi connectivity index (χ1n) is 4.86. The molecule has 1 aromatic carbocycles. The largest absolute Gasteiger partial charge is 0.452 e. The van der Waals surface area contributed by atoms with Gasteiger partial charge in [-0.05, 0) is 51.8 Å². The number of hydrogen-bond donors (Lipinski definition) is 1. The molecule has 1 amide bonds. The average molecular weight is 326 g/mol. The van der Waals surface area contributed by atoms with Crippen LogP contribution in [-0.2, 0) is 0 Å². The van der Waals surface area contributed by atoms with Crippen LogP contribution in [0.3, 0.4) is 0 Å².